The van der Waals surface area contributed by atoms with E-state index in [1.54, 1.807) is 0 Å². The molecular formula is C16H13N3O8. The number of aliphatic hydroxyl groups is 1. The molecule has 0 bridgehead atoms. The maximum atomic E-state index is 12.9. The molecule has 0 fully saturated rings. The molecule has 0 aliphatic rings. The third-order valence-electron chi connectivity index (χ3n) is 3.76. The van der Waals surface area contributed by atoms with Gasteiger partial charge in [-0.25, -0.2) is 4.79 Å². The van der Waals surface area contributed by atoms with Crippen molar-refractivity contribution in [3.63, 3.8) is 0 Å². The predicted octanol–water partition coefficient (Wildman–Crippen LogP) is 1.55. The zero-order valence-corrected chi connectivity index (χ0v) is 13.6. The Morgan fingerprint density at radius 1 is 1.11 bits per heavy atom. The second kappa shape index (κ2) is 7.58. The SMILES string of the molecule is Nc1cc(C(=O)O)c([N+](=O)[O-])c(C(=O)c2cccc([N+](=O)[O-])c2)c1CCO. The lowest BCUT2D eigenvalue weighted by Gasteiger charge is -2.13. The molecule has 0 radical (unpaired) electrons. The molecule has 140 valence electrons. The number of carboxylic acid groups (broad SMARTS) is 1. The summed E-state index contributed by atoms with van der Waals surface area (Å²) >= 11 is 0. The Morgan fingerprint density at radius 3 is 2.30 bits per heavy atom. The number of nitrogens with zero attached hydrogens (tertiary/aromatic N) is 2. The van der Waals surface area contributed by atoms with Crippen LogP contribution in [-0.2, 0) is 6.42 Å². The van der Waals surface area contributed by atoms with Crippen LogP contribution in [0.5, 0.6) is 0 Å². The van der Waals surface area contributed by atoms with Crippen LogP contribution >= 0.6 is 0 Å². The summed E-state index contributed by atoms with van der Waals surface area (Å²) in [6, 6.07) is 5.30. The molecule has 2 rings (SSSR count). The van der Waals surface area contributed by atoms with Gasteiger partial charge in [0.15, 0.2) is 0 Å². The number of carbonyl (C=O) groups is 2. The largest absolute Gasteiger partial charge is 0.477 e. The van der Waals surface area contributed by atoms with Crippen molar-refractivity contribution in [2.45, 2.75) is 6.42 Å². The molecule has 2 aromatic carbocycles. The number of rotatable bonds is 7. The average molecular weight is 375 g/mol. The van der Waals surface area contributed by atoms with Crippen molar-refractivity contribution in [2.24, 2.45) is 0 Å². The summed E-state index contributed by atoms with van der Waals surface area (Å²) in [6.07, 6.45) is -0.247. The lowest BCUT2D eigenvalue weighted by Crippen LogP contribution is -2.16. The van der Waals surface area contributed by atoms with Gasteiger partial charge in [-0.3, -0.25) is 25.0 Å². The Morgan fingerprint density at radius 2 is 1.78 bits per heavy atom. The van der Waals surface area contributed by atoms with Crippen molar-refractivity contribution < 1.29 is 29.6 Å². The van der Waals surface area contributed by atoms with Gasteiger partial charge in [0.05, 0.1) is 9.85 Å². The number of nitro benzene ring substituents is 2. The quantitative estimate of drug-likeness (QED) is 0.279. The molecule has 0 saturated heterocycles. The summed E-state index contributed by atoms with van der Waals surface area (Å²) in [5.74, 6) is -2.68. The van der Waals surface area contributed by atoms with Crippen LogP contribution in [0.25, 0.3) is 0 Å². The number of anilines is 1. The summed E-state index contributed by atoms with van der Waals surface area (Å²) in [4.78, 5) is 44.9. The molecule has 0 saturated carbocycles. The molecule has 2 aromatic rings. The Bertz CT molecular complexity index is 970. The van der Waals surface area contributed by atoms with E-state index in [1.165, 1.54) is 12.1 Å². The molecule has 11 heteroatoms. The smallest absolute Gasteiger partial charge is 0.342 e. The first-order valence-corrected chi connectivity index (χ1v) is 7.42. The standard InChI is InChI=1S/C16H13N3O8/c17-12-7-11(16(22)23)14(19(26)27)13(10(12)4-5-20)15(21)8-2-1-3-9(6-8)18(24)25/h1-3,6-7,20H,4-5,17H2,(H,22,23). The molecule has 0 heterocycles. The average Bonchev–Trinajstić information content (AvgIpc) is 2.62. The first kappa shape index (κ1) is 19.5. The Labute approximate surface area is 151 Å². The lowest BCUT2D eigenvalue weighted by atomic mass is 9.91. The second-order valence-corrected chi connectivity index (χ2v) is 5.39. The third-order valence-corrected chi connectivity index (χ3v) is 3.76. The van der Waals surface area contributed by atoms with Crippen LogP contribution in [0.2, 0.25) is 0 Å². The van der Waals surface area contributed by atoms with Crippen molar-refractivity contribution in [3.8, 4) is 0 Å². The van der Waals surface area contributed by atoms with Crippen LogP contribution in [0.4, 0.5) is 17.1 Å². The van der Waals surface area contributed by atoms with Crippen LogP contribution in [0.3, 0.4) is 0 Å². The highest BCUT2D eigenvalue weighted by molar-refractivity contribution is 6.15. The molecular weight excluding hydrogens is 362 g/mol. The van der Waals surface area contributed by atoms with Crippen molar-refractivity contribution in [2.75, 3.05) is 12.3 Å². The number of nitrogens with two attached hydrogens (primary N) is 1. The summed E-state index contributed by atoms with van der Waals surface area (Å²) in [7, 11) is 0. The van der Waals surface area contributed by atoms with Gasteiger partial charge in [0.2, 0.25) is 5.78 Å². The minimum absolute atomic E-state index is 0.106. The first-order chi connectivity index (χ1) is 12.7. The summed E-state index contributed by atoms with van der Waals surface area (Å²) < 4.78 is 0. The number of hydrogen-bond acceptors (Lipinski definition) is 8. The van der Waals surface area contributed by atoms with Crippen LogP contribution in [-0.4, -0.2) is 38.4 Å². The van der Waals surface area contributed by atoms with E-state index in [-0.39, 0.29) is 23.2 Å². The van der Waals surface area contributed by atoms with Gasteiger partial charge in [-0.1, -0.05) is 12.1 Å². The van der Waals surface area contributed by atoms with Gasteiger partial charge in [-0.2, -0.15) is 0 Å². The number of nitro groups is 2. The molecule has 0 amide bonds. The van der Waals surface area contributed by atoms with Crippen molar-refractivity contribution >= 4 is 28.8 Å². The highest BCUT2D eigenvalue weighted by Gasteiger charge is 2.33. The molecule has 0 aliphatic heterocycles. The van der Waals surface area contributed by atoms with Crippen LogP contribution in [0, 0.1) is 20.2 Å². The number of hydrogen-bond donors (Lipinski definition) is 3. The van der Waals surface area contributed by atoms with Crippen molar-refractivity contribution in [1.29, 1.82) is 0 Å². The molecule has 27 heavy (non-hydrogen) atoms. The topological polar surface area (TPSA) is 187 Å². The van der Waals surface area contributed by atoms with Crippen LogP contribution in [0.15, 0.2) is 30.3 Å². The summed E-state index contributed by atoms with van der Waals surface area (Å²) in [6.45, 7) is -0.511. The third kappa shape index (κ3) is 3.72. The van der Waals surface area contributed by atoms with Gasteiger partial charge in [-0.15, -0.1) is 0 Å². The van der Waals surface area contributed by atoms with Crippen molar-refractivity contribution in [3.05, 3.63) is 72.8 Å². The maximum absolute atomic E-state index is 12.9. The number of benzene rings is 2. The molecule has 0 aromatic heterocycles. The van der Waals surface area contributed by atoms with E-state index in [0.717, 1.165) is 18.2 Å². The van der Waals surface area contributed by atoms with E-state index in [0.29, 0.717) is 0 Å². The fourth-order valence-corrected chi connectivity index (χ4v) is 2.62. The Hall–Kier alpha value is -3.86. The maximum Gasteiger partial charge on any atom is 0.342 e. The van der Waals surface area contributed by atoms with Gasteiger partial charge >= 0.3 is 5.97 Å². The van der Waals surface area contributed by atoms with Gasteiger partial charge in [0.25, 0.3) is 11.4 Å². The number of ketones is 1. The normalized spacial score (nSPS) is 10.4. The van der Waals surface area contributed by atoms with E-state index in [1.807, 2.05) is 0 Å². The molecule has 11 nitrogen and oxygen atoms in total. The summed E-state index contributed by atoms with van der Waals surface area (Å²) in [5.41, 5.74) is 2.34. The second-order valence-electron chi connectivity index (χ2n) is 5.39. The van der Waals surface area contributed by atoms with E-state index in [9.17, 15) is 40.0 Å². The zero-order valence-electron chi connectivity index (χ0n) is 13.6. The Balaban J connectivity index is 2.85. The molecule has 0 atom stereocenters. The van der Waals surface area contributed by atoms with Gasteiger partial charge in [0, 0.05) is 30.0 Å². The number of aromatic carboxylic acids is 1. The molecule has 0 spiro atoms. The van der Waals surface area contributed by atoms with Crippen LogP contribution in [0.1, 0.15) is 31.8 Å². The van der Waals surface area contributed by atoms with E-state index >= 15 is 0 Å². The monoisotopic (exact) mass is 375 g/mol. The fraction of sp³-hybridized carbons (Fsp3) is 0.125. The number of aliphatic hydroxyl groups excluding tert-OH is 1. The summed E-state index contributed by atoms with van der Waals surface area (Å²) in [5, 5.41) is 40.9. The predicted molar refractivity (Wildman–Crippen MR) is 91.8 cm³/mol. The lowest BCUT2D eigenvalue weighted by molar-refractivity contribution is -0.385. The van der Waals surface area contributed by atoms with Gasteiger partial charge < -0.3 is 15.9 Å². The van der Waals surface area contributed by atoms with Crippen molar-refractivity contribution in [1.82, 2.24) is 0 Å². The van der Waals surface area contributed by atoms with E-state index in [4.69, 9.17) is 5.73 Å². The van der Waals surface area contributed by atoms with Crippen LogP contribution < -0.4 is 5.73 Å². The highest BCUT2D eigenvalue weighted by Crippen LogP contribution is 2.34. The van der Waals surface area contributed by atoms with Gasteiger partial charge in [0.1, 0.15) is 11.1 Å². The number of carboxylic acids is 1. The molecule has 0 unspecified atom stereocenters. The fourth-order valence-electron chi connectivity index (χ4n) is 2.62. The number of carbonyl (C=O) groups excluding carboxylic acids is 1. The Kier molecular flexibility index (Phi) is 5.46. The number of nitrogen functional groups attached to an aromatic ring is 1. The molecule has 4 N–H and O–H groups in total. The first-order valence-electron chi connectivity index (χ1n) is 7.42. The zero-order chi connectivity index (χ0) is 20.3. The molecule has 0 aliphatic carbocycles. The minimum atomic E-state index is -1.67. The van der Waals surface area contributed by atoms with Gasteiger partial charge in [-0.05, 0) is 18.1 Å². The minimum Gasteiger partial charge on any atom is -0.477 e. The van der Waals surface area contributed by atoms with E-state index < -0.39 is 50.7 Å². The highest BCUT2D eigenvalue weighted by atomic mass is 16.6. The van der Waals surface area contributed by atoms with E-state index in [2.05, 4.69) is 0 Å². The number of non-ortho nitro benzene ring substituents is 1.